The molecule has 0 saturated carbocycles. The largest absolute Gasteiger partial charge is 0.446 e. The van der Waals surface area contributed by atoms with Crippen LogP contribution < -0.4 is 5.43 Å². The topological polar surface area (TPSA) is 67.9 Å². The predicted molar refractivity (Wildman–Crippen MR) is 84.1 cm³/mol. The number of hydrazine groups is 1. The third-order valence-corrected chi connectivity index (χ3v) is 3.37. The van der Waals surface area contributed by atoms with Gasteiger partial charge in [0.05, 0.1) is 18.2 Å². The van der Waals surface area contributed by atoms with Crippen molar-refractivity contribution < 1.29 is 19.1 Å². The van der Waals surface area contributed by atoms with Gasteiger partial charge in [-0.05, 0) is 40.0 Å². The van der Waals surface area contributed by atoms with E-state index in [2.05, 4.69) is 25.3 Å². The molecular formula is C16H28N2O4. The van der Waals surface area contributed by atoms with Gasteiger partial charge in [0.15, 0.2) is 0 Å². The Hall–Kier alpha value is -1.72. The number of hydrogen-bond acceptors (Lipinski definition) is 4. The van der Waals surface area contributed by atoms with E-state index in [0.717, 1.165) is 0 Å². The molecule has 2 amide bonds. The number of carbonyl (C=O) groups excluding carboxylic acids is 2. The van der Waals surface area contributed by atoms with Gasteiger partial charge < -0.3 is 9.47 Å². The molecule has 0 saturated heterocycles. The number of ether oxygens (including phenoxy) is 2. The van der Waals surface area contributed by atoms with Crippen LogP contribution in [0.15, 0.2) is 12.2 Å². The summed E-state index contributed by atoms with van der Waals surface area (Å²) in [5.74, 6) is 0.514. The Bertz CT molecular complexity index is 418. The normalized spacial score (nSPS) is 20.6. The molecule has 1 rings (SSSR count). The molecule has 0 heterocycles. The second kappa shape index (κ2) is 8.06. The highest BCUT2D eigenvalue weighted by Gasteiger charge is 2.36. The Kier molecular flexibility index (Phi) is 6.71. The van der Waals surface area contributed by atoms with Gasteiger partial charge in [0.25, 0.3) is 0 Å². The second-order valence-corrected chi connectivity index (χ2v) is 6.42. The molecule has 6 heteroatoms. The lowest BCUT2D eigenvalue weighted by atomic mass is 9.91. The monoisotopic (exact) mass is 312 g/mol. The summed E-state index contributed by atoms with van der Waals surface area (Å²) in [6.07, 6.45) is 3.06. The van der Waals surface area contributed by atoms with Gasteiger partial charge in [0.2, 0.25) is 0 Å². The fourth-order valence-corrected chi connectivity index (χ4v) is 2.47. The molecule has 126 valence electrons. The van der Waals surface area contributed by atoms with E-state index in [1.807, 2.05) is 6.08 Å². The number of amides is 2. The summed E-state index contributed by atoms with van der Waals surface area (Å²) in [6, 6.07) is -0.161. The lowest BCUT2D eigenvalue weighted by Gasteiger charge is -2.34. The fraction of sp³-hybridized carbons (Fsp3) is 0.750. The highest BCUT2D eigenvalue weighted by Crippen LogP contribution is 2.29. The quantitative estimate of drug-likeness (QED) is 0.637. The van der Waals surface area contributed by atoms with Crippen molar-refractivity contribution in [3.05, 3.63) is 12.2 Å². The zero-order valence-electron chi connectivity index (χ0n) is 14.3. The molecule has 22 heavy (non-hydrogen) atoms. The first-order chi connectivity index (χ1) is 10.2. The van der Waals surface area contributed by atoms with Crippen LogP contribution in [0.3, 0.4) is 0 Å². The Labute approximate surface area is 132 Å². The summed E-state index contributed by atoms with van der Waals surface area (Å²) < 4.78 is 10.3. The van der Waals surface area contributed by atoms with E-state index in [1.165, 1.54) is 5.01 Å². The van der Waals surface area contributed by atoms with Crippen LogP contribution in [0.25, 0.3) is 0 Å². The van der Waals surface area contributed by atoms with Crippen LogP contribution in [0.2, 0.25) is 0 Å². The standard InChI is InChI=1S/C16H28N2O4/c1-10(2)13-8-7-9-14(13)18(16(20)22-12(5)6)17-15(19)21-11(3)4/h7-8,10-14H,9H2,1-6H3,(H,17,19)/t13-,14+/m1/s1. The van der Waals surface area contributed by atoms with Gasteiger partial charge in [0, 0.05) is 5.92 Å². The van der Waals surface area contributed by atoms with Crippen LogP contribution in [0.5, 0.6) is 0 Å². The maximum atomic E-state index is 12.3. The van der Waals surface area contributed by atoms with Crippen molar-refractivity contribution in [1.29, 1.82) is 0 Å². The van der Waals surface area contributed by atoms with Crippen LogP contribution in [0.4, 0.5) is 9.59 Å². The third kappa shape index (κ3) is 5.24. The van der Waals surface area contributed by atoms with E-state index in [9.17, 15) is 9.59 Å². The van der Waals surface area contributed by atoms with Crippen LogP contribution in [-0.2, 0) is 9.47 Å². The van der Waals surface area contributed by atoms with E-state index < -0.39 is 12.2 Å². The average molecular weight is 312 g/mol. The lowest BCUT2D eigenvalue weighted by molar-refractivity contribution is 0.0226. The fourth-order valence-electron chi connectivity index (χ4n) is 2.47. The number of nitrogens with one attached hydrogen (secondary N) is 1. The smallest absolute Gasteiger partial charge is 0.429 e. The Morgan fingerprint density at radius 1 is 1.09 bits per heavy atom. The lowest BCUT2D eigenvalue weighted by Crippen LogP contribution is -2.54. The number of hydrogen-bond donors (Lipinski definition) is 1. The summed E-state index contributed by atoms with van der Waals surface area (Å²) in [6.45, 7) is 11.2. The molecule has 0 aromatic carbocycles. The summed E-state index contributed by atoms with van der Waals surface area (Å²) >= 11 is 0. The van der Waals surface area contributed by atoms with Crippen LogP contribution in [0.1, 0.15) is 48.0 Å². The number of nitrogens with zero attached hydrogens (tertiary/aromatic N) is 1. The van der Waals surface area contributed by atoms with Gasteiger partial charge in [-0.1, -0.05) is 26.0 Å². The van der Waals surface area contributed by atoms with Gasteiger partial charge in [-0.15, -0.1) is 0 Å². The maximum absolute atomic E-state index is 12.3. The second-order valence-electron chi connectivity index (χ2n) is 6.42. The first-order valence-electron chi connectivity index (χ1n) is 7.86. The average Bonchev–Trinajstić information content (AvgIpc) is 2.82. The number of carbonyl (C=O) groups is 2. The van der Waals surface area contributed by atoms with Crippen LogP contribution in [-0.4, -0.2) is 35.4 Å². The molecule has 0 aromatic heterocycles. The molecule has 2 atom stereocenters. The van der Waals surface area contributed by atoms with Crippen molar-refractivity contribution in [3.8, 4) is 0 Å². The van der Waals surface area contributed by atoms with E-state index in [4.69, 9.17) is 9.47 Å². The van der Waals surface area contributed by atoms with Gasteiger partial charge >= 0.3 is 12.2 Å². The van der Waals surface area contributed by atoms with Crippen molar-refractivity contribution in [2.24, 2.45) is 11.8 Å². The minimum atomic E-state index is -0.648. The Morgan fingerprint density at radius 2 is 1.68 bits per heavy atom. The zero-order chi connectivity index (χ0) is 16.9. The van der Waals surface area contributed by atoms with Gasteiger partial charge in [-0.3, -0.25) is 0 Å². The van der Waals surface area contributed by atoms with E-state index >= 15 is 0 Å². The molecule has 0 aromatic rings. The first kappa shape index (κ1) is 18.3. The van der Waals surface area contributed by atoms with Gasteiger partial charge in [0.1, 0.15) is 0 Å². The molecule has 0 fully saturated rings. The van der Waals surface area contributed by atoms with Gasteiger partial charge in [-0.2, -0.15) is 0 Å². The van der Waals surface area contributed by atoms with Crippen molar-refractivity contribution in [3.63, 3.8) is 0 Å². The van der Waals surface area contributed by atoms with Crippen molar-refractivity contribution >= 4 is 12.2 Å². The molecule has 0 spiro atoms. The SMILES string of the molecule is CC(C)OC(=O)NN(C(=O)OC(C)C)[C@H]1CC=C[C@@H]1C(C)C. The molecule has 0 bridgehead atoms. The molecule has 6 nitrogen and oxygen atoms in total. The zero-order valence-corrected chi connectivity index (χ0v) is 14.3. The third-order valence-electron chi connectivity index (χ3n) is 3.37. The maximum Gasteiger partial charge on any atom is 0.429 e. The molecule has 0 unspecified atom stereocenters. The van der Waals surface area contributed by atoms with Gasteiger partial charge in [-0.25, -0.2) is 20.0 Å². The highest BCUT2D eigenvalue weighted by molar-refractivity contribution is 5.74. The Morgan fingerprint density at radius 3 is 2.18 bits per heavy atom. The van der Waals surface area contributed by atoms with Crippen molar-refractivity contribution in [2.45, 2.75) is 66.2 Å². The molecule has 0 aliphatic heterocycles. The van der Waals surface area contributed by atoms with E-state index in [-0.39, 0.29) is 24.2 Å². The number of rotatable bonds is 4. The molecule has 1 aliphatic rings. The van der Waals surface area contributed by atoms with E-state index in [1.54, 1.807) is 27.7 Å². The van der Waals surface area contributed by atoms with E-state index in [0.29, 0.717) is 12.3 Å². The molecule has 0 radical (unpaired) electrons. The molecular weight excluding hydrogens is 284 g/mol. The first-order valence-corrected chi connectivity index (χ1v) is 7.86. The predicted octanol–water partition coefficient (Wildman–Crippen LogP) is 3.48. The summed E-state index contributed by atoms with van der Waals surface area (Å²) in [5.41, 5.74) is 2.54. The minimum absolute atomic E-state index is 0.161. The minimum Gasteiger partial charge on any atom is -0.446 e. The summed E-state index contributed by atoms with van der Waals surface area (Å²) in [5, 5.41) is 1.27. The van der Waals surface area contributed by atoms with Crippen LogP contribution in [0, 0.1) is 11.8 Å². The highest BCUT2D eigenvalue weighted by atomic mass is 16.6. The summed E-state index contributed by atoms with van der Waals surface area (Å²) in [4.78, 5) is 24.2. The Balaban J connectivity index is 2.86. The molecule has 1 N–H and O–H groups in total. The van der Waals surface area contributed by atoms with Crippen molar-refractivity contribution in [1.82, 2.24) is 10.4 Å². The molecule has 1 aliphatic carbocycles. The van der Waals surface area contributed by atoms with Crippen molar-refractivity contribution in [2.75, 3.05) is 0 Å². The summed E-state index contributed by atoms with van der Waals surface area (Å²) in [7, 11) is 0. The van der Waals surface area contributed by atoms with Crippen LogP contribution >= 0.6 is 0 Å².